The molecular weight excluding hydrogens is 422 g/mol. The van der Waals surface area contributed by atoms with Crippen LogP contribution in [-0.2, 0) is 24.3 Å². The Kier molecular flexibility index (Phi) is 8.58. The number of hydrogen-bond acceptors (Lipinski definition) is 6. The third kappa shape index (κ3) is 6.76. The van der Waals surface area contributed by atoms with E-state index >= 15 is 0 Å². The van der Waals surface area contributed by atoms with Crippen molar-refractivity contribution < 1.29 is 27.5 Å². The Morgan fingerprint density at radius 3 is 2.45 bits per heavy atom. The van der Waals surface area contributed by atoms with Gasteiger partial charge in [0.2, 0.25) is 15.9 Å². The summed E-state index contributed by atoms with van der Waals surface area (Å²) in [5.41, 5.74) is 0.183. The Bertz CT molecular complexity index is 907. The Labute approximate surface area is 183 Å². The number of sulfonamides is 1. The summed E-state index contributed by atoms with van der Waals surface area (Å²) in [5.74, 6) is -1.10. The molecule has 1 aliphatic heterocycles. The molecule has 0 spiro atoms. The zero-order valence-electron chi connectivity index (χ0n) is 18.5. The number of piperidine rings is 1. The molecule has 0 bridgehead atoms. The number of likely N-dealkylation sites (tertiary alicyclic amines) is 1. The molecule has 2 rings (SSSR count). The molecular formula is C21H31N3O6S. The van der Waals surface area contributed by atoms with Crippen LogP contribution in [0.3, 0.4) is 0 Å². The summed E-state index contributed by atoms with van der Waals surface area (Å²) in [4.78, 5) is 40.1. The molecule has 1 N–H and O–H groups in total. The highest BCUT2D eigenvalue weighted by Crippen LogP contribution is 2.19. The molecule has 0 unspecified atom stereocenters. The summed E-state index contributed by atoms with van der Waals surface area (Å²) < 4.78 is 32.2. The molecule has 0 aromatic heterocycles. The molecule has 0 radical (unpaired) electrons. The number of carbonyl (C=O) groups excluding carboxylic acids is 3. The highest BCUT2D eigenvalue weighted by atomic mass is 32.2. The molecule has 0 atom stereocenters. The van der Waals surface area contributed by atoms with Gasteiger partial charge in [0, 0.05) is 31.7 Å². The van der Waals surface area contributed by atoms with E-state index in [0.29, 0.717) is 32.5 Å². The van der Waals surface area contributed by atoms with Gasteiger partial charge in [-0.25, -0.2) is 13.1 Å². The first-order valence-corrected chi connectivity index (χ1v) is 11.9. The van der Waals surface area contributed by atoms with Crippen LogP contribution in [0.2, 0.25) is 0 Å². The summed E-state index contributed by atoms with van der Waals surface area (Å²) in [5, 5.41) is 0. The number of amides is 2. The largest absolute Gasteiger partial charge is 0.466 e. The zero-order valence-corrected chi connectivity index (χ0v) is 19.3. The Morgan fingerprint density at radius 2 is 1.87 bits per heavy atom. The van der Waals surface area contributed by atoms with Gasteiger partial charge in [-0.05, 0) is 51.8 Å². The number of esters is 1. The summed E-state index contributed by atoms with van der Waals surface area (Å²) in [6.45, 7) is 6.24. The fourth-order valence-corrected chi connectivity index (χ4v) is 4.69. The molecule has 31 heavy (non-hydrogen) atoms. The Balaban J connectivity index is 1.98. The lowest BCUT2D eigenvalue weighted by molar-refractivity contribution is -0.151. The number of ether oxygens (including phenoxy) is 1. The fraction of sp³-hybridized carbons (Fsp3) is 0.571. The van der Waals surface area contributed by atoms with E-state index in [4.69, 9.17) is 4.74 Å². The van der Waals surface area contributed by atoms with Gasteiger partial charge in [-0.1, -0.05) is 6.07 Å². The predicted octanol–water partition coefficient (Wildman–Crippen LogP) is 1.25. The van der Waals surface area contributed by atoms with Gasteiger partial charge in [0.25, 0.3) is 5.91 Å². The monoisotopic (exact) mass is 453 g/mol. The number of rotatable bonds is 8. The topological polar surface area (TPSA) is 113 Å². The minimum atomic E-state index is -3.73. The zero-order chi connectivity index (χ0) is 23.2. The van der Waals surface area contributed by atoms with E-state index in [-0.39, 0.29) is 40.8 Å². The second-order valence-corrected chi connectivity index (χ2v) is 9.59. The van der Waals surface area contributed by atoms with Crippen molar-refractivity contribution in [1.82, 2.24) is 14.5 Å². The maximum absolute atomic E-state index is 12.8. The number of benzene rings is 1. The summed E-state index contributed by atoms with van der Waals surface area (Å²) in [7, 11) is -2.23. The molecule has 2 amide bonds. The molecule has 1 aromatic carbocycles. The highest BCUT2D eigenvalue weighted by Gasteiger charge is 2.29. The van der Waals surface area contributed by atoms with Crippen LogP contribution in [0.25, 0.3) is 0 Å². The van der Waals surface area contributed by atoms with E-state index in [1.807, 2.05) is 0 Å². The summed E-state index contributed by atoms with van der Waals surface area (Å²) in [6, 6.07) is 5.46. The van der Waals surface area contributed by atoms with Gasteiger partial charge in [0.05, 0.1) is 24.0 Å². The molecule has 10 heteroatoms. The maximum atomic E-state index is 12.8. The van der Waals surface area contributed by atoms with Gasteiger partial charge >= 0.3 is 5.97 Å². The van der Waals surface area contributed by atoms with Crippen LogP contribution in [0.15, 0.2) is 29.2 Å². The standard InChI is InChI=1S/C21H31N3O6S/c1-5-30-21(27)16-9-11-24(12-10-16)19(25)14-23(4)20(26)17-7-6-8-18(13-17)31(28,29)22-15(2)3/h6-8,13,15-16,22H,5,9-12,14H2,1-4H3. The molecule has 1 saturated heterocycles. The molecule has 0 aliphatic carbocycles. The molecule has 1 fully saturated rings. The first kappa shape index (κ1) is 24.8. The van der Waals surface area contributed by atoms with Gasteiger partial charge < -0.3 is 14.5 Å². The van der Waals surface area contributed by atoms with Crippen molar-refractivity contribution in [2.24, 2.45) is 5.92 Å². The van der Waals surface area contributed by atoms with Crippen molar-refractivity contribution in [3.63, 3.8) is 0 Å². The van der Waals surface area contributed by atoms with E-state index in [1.54, 1.807) is 25.7 Å². The lowest BCUT2D eigenvalue weighted by atomic mass is 9.97. The average Bonchev–Trinajstić information content (AvgIpc) is 2.72. The Morgan fingerprint density at radius 1 is 1.23 bits per heavy atom. The number of nitrogens with zero attached hydrogens (tertiary/aromatic N) is 2. The molecule has 1 heterocycles. The summed E-state index contributed by atoms with van der Waals surface area (Å²) in [6.07, 6.45) is 1.07. The number of nitrogens with one attached hydrogen (secondary N) is 1. The number of carbonyl (C=O) groups is 3. The second-order valence-electron chi connectivity index (χ2n) is 7.87. The van der Waals surface area contributed by atoms with Crippen molar-refractivity contribution in [3.8, 4) is 0 Å². The highest BCUT2D eigenvalue weighted by molar-refractivity contribution is 7.89. The normalized spacial score (nSPS) is 15.1. The molecule has 9 nitrogen and oxygen atoms in total. The van der Waals surface area contributed by atoms with Gasteiger partial charge in [0.1, 0.15) is 0 Å². The third-order valence-corrected chi connectivity index (χ3v) is 6.63. The van der Waals surface area contributed by atoms with Crippen LogP contribution in [-0.4, -0.2) is 75.3 Å². The lowest BCUT2D eigenvalue weighted by Gasteiger charge is -2.32. The minimum absolute atomic E-state index is 0.00665. The smallest absolute Gasteiger partial charge is 0.309 e. The van der Waals surface area contributed by atoms with Gasteiger partial charge in [-0.15, -0.1) is 0 Å². The first-order valence-electron chi connectivity index (χ1n) is 10.4. The van der Waals surface area contributed by atoms with Gasteiger partial charge in [-0.3, -0.25) is 14.4 Å². The first-order chi connectivity index (χ1) is 14.5. The van der Waals surface area contributed by atoms with E-state index in [0.717, 1.165) is 0 Å². The number of hydrogen-bond donors (Lipinski definition) is 1. The van der Waals surface area contributed by atoms with E-state index in [1.165, 1.54) is 36.2 Å². The molecule has 172 valence electrons. The molecule has 1 aliphatic rings. The van der Waals surface area contributed by atoms with Crippen LogP contribution >= 0.6 is 0 Å². The Hall–Kier alpha value is -2.46. The van der Waals surface area contributed by atoms with Crippen molar-refractivity contribution in [1.29, 1.82) is 0 Å². The lowest BCUT2D eigenvalue weighted by Crippen LogP contribution is -2.45. The summed E-state index contributed by atoms with van der Waals surface area (Å²) >= 11 is 0. The van der Waals surface area contributed by atoms with Crippen LogP contribution < -0.4 is 4.72 Å². The van der Waals surface area contributed by atoms with Crippen molar-refractivity contribution in [2.45, 2.75) is 44.6 Å². The van der Waals surface area contributed by atoms with Crippen LogP contribution in [0, 0.1) is 5.92 Å². The van der Waals surface area contributed by atoms with Crippen LogP contribution in [0.1, 0.15) is 44.0 Å². The van der Waals surface area contributed by atoms with E-state index in [2.05, 4.69) is 4.72 Å². The average molecular weight is 454 g/mol. The van der Waals surface area contributed by atoms with Gasteiger partial charge in [0.15, 0.2) is 0 Å². The second kappa shape index (κ2) is 10.7. The van der Waals surface area contributed by atoms with E-state index in [9.17, 15) is 22.8 Å². The number of likely N-dealkylation sites (N-methyl/N-ethyl adjacent to an activating group) is 1. The SMILES string of the molecule is CCOC(=O)C1CCN(C(=O)CN(C)C(=O)c2cccc(S(=O)(=O)NC(C)C)c2)CC1. The third-order valence-electron chi connectivity index (χ3n) is 4.97. The fourth-order valence-electron chi connectivity index (χ4n) is 3.39. The van der Waals surface area contributed by atoms with Crippen LogP contribution in [0.5, 0.6) is 0 Å². The predicted molar refractivity (Wildman–Crippen MR) is 115 cm³/mol. The van der Waals surface area contributed by atoms with Crippen LogP contribution in [0.4, 0.5) is 0 Å². The maximum Gasteiger partial charge on any atom is 0.309 e. The van der Waals surface area contributed by atoms with E-state index < -0.39 is 15.9 Å². The minimum Gasteiger partial charge on any atom is -0.466 e. The van der Waals surface area contributed by atoms with Crippen molar-refractivity contribution in [2.75, 3.05) is 33.3 Å². The quantitative estimate of drug-likeness (QED) is 0.593. The van der Waals surface area contributed by atoms with Gasteiger partial charge in [-0.2, -0.15) is 0 Å². The molecule has 0 saturated carbocycles. The molecule has 1 aromatic rings. The van der Waals surface area contributed by atoms with Crippen molar-refractivity contribution in [3.05, 3.63) is 29.8 Å². The van der Waals surface area contributed by atoms with Crippen molar-refractivity contribution >= 4 is 27.8 Å².